The van der Waals surface area contributed by atoms with Gasteiger partial charge in [0.15, 0.2) is 0 Å². The van der Waals surface area contributed by atoms with E-state index in [9.17, 15) is 32.0 Å². The zero-order valence-electron chi connectivity index (χ0n) is 20.0. The lowest BCUT2D eigenvalue weighted by molar-refractivity contribution is -0.154. The Hall–Kier alpha value is -3.05. The third kappa shape index (κ3) is 7.26. The first-order valence-electron chi connectivity index (χ1n) is 10.6. The van der Waals surface area contributed by atoms with Gasteiger partial charge >= 0.3 is 5.69 Å². The highest BCUT2D eigenvalue weighted by Gasteiger charge is 2.58. The van der Waals surface area contributed by atoms with Gasteiger partial charge in [0.05, 0.1) is 19.1 Å². The van der Waals surface area contributed by atoms with Crippen LogP contribution in [-0.2, 0) is 44.7 Å². The second kappa shape index (κ2) is 11.1. The van der Waals surface area contributed by atoms with Gasteiger partial charge in [-0.15, -0.1) is 0 Å². The second-order valence-corrected chi connectivity index (χ2v) is 11.7. The third-order valence-corrected chi connectivity index (χ3v) is 6.48. The molecule has 0 bridgehead atoms. The van der Waals surface area contributed by atoms with Crippen LogP contribution in [0, 0.1) is 6.92 Å². The number of aromatic nitrogens is 2. The number of hydrogen-bond acceptors (Lipinski definition) is 11. The summed E-state index contributed by atoms with van der Waals surface area (Å²) < 4.78 is 70.3. The van der Waals surface area contributed by atoms with Crippen LogP contribution in [0.15, 0.2) is 51.2 Å². The van der Waals surface area contributed by atoms with Crippen LogP contribution in [0.2, 0.25) is 0 Å². The van der Waals surface area contributed by atoms with Crippen molar-refractivity contribution in [2.75, 3.05) is 25.7 Å². The lowest BCUT2D eigenvalue weighted by Gasteiger charge is -2.33. The monoisotopic (exact) mass is 559 g/mol. The van der Waals surface area contributed by atoms with Gasteiger partial charge in [-0.2, -0.15) is 16.8 Å². The molecule has 1 saturated heterocycles. The first-order chi connectivity index (χ1) is 17.2. The van der Waals surface area contributed by atoms with Crippen molar-refractivity contribution in [1.82, 2.24) is 9.55 Å². The first-order valence-corrected chi connectivity index (χ1v) is 14.3. The number of rotatable bonds is 11. The molecule has 1 fully saturated rings. The summed E-state index contributed by atoms with van der Waals surface area (Å²) in [6.07, 6.45) is -0.150. The zero-order chi connectivity index (χ0) is 27.4. The van der Waals surface area contributed by atoms with Gasteiger partial charge in [0.1, 0.15) is 37.2 Å². The van der Waals surface area contributed by atoms with Crippen molar-refractivity contribution in [3.05, 3.63) is 78.9 Å². The number of H-pyrrole nitrogens is 1. The standard InChI is InChI=1S/C20H25N5O10S2/c1-13-9-25(19(27)22-17(13)26)18-15(23-24-21)16(32-10-14-7-5-4-6-8-14)20(35-18,11-33-36(2,28)29)12-34-37(3,30)31/h4-9,15-16,18H,10-12H2,1-3H3,(H,22,26,27)/t15?,16-,18?/m0/s1. The fraction of sp³-hybridized carbons (Fsp3) is 0.500. The summed E-state index contributed by atoms with van der Waals surface area (Å²) in [5, 5.41) is 3.72. The number of azide groups is 1. The molecule has 1 N–H and O–H groups in total. The van der Waals surface area contributed by atoms with Crippen LogP contribution in [0.5, 0.6) is 0 Å². The topological polar surface area (TPSA) is 209 Å². The number of benzene rings is 1. The molecule has 0 amide bonds. The zero-order valence-corrected chi connectivity index (χ0v) is 21.6. The summed E-state index contributed by atoms with van der Waals surface area (Å²) in [6.45, 7) is -0.307. The van der Waals surface area contributed by atoms with Gasteiger partial charge < -0.3 is 9.47 Å². The van der Waals surface area contributed by atoms with E-state index in [-0.39, 0.29) is 12.2 Å². The maximum absolute atomic E-state index is 12.7. The summed E-state index contributed by atoms with van der Waals surface area (Å²) in [6, 6.07) is 7.36. The normalized spacial score (nSPS) is 21.4. The second-order valence-electron chi connectivity index (χ2n) is 8.40. The highest BCUT2D eigenvalue weighted by molar-refractivity contribution is 7.86. The van der Waals surface area contributed by atoms with E-state index < -0.39 is 68.7 Å². The van der Waals surface area contributed by atoms with Gasteiger partial charge in [-0.3, -0.25) is 22.7 Å². The number of nitrogens with zero attached hydrogens (tertiary/aromatic N) is 4. The predicted molar refractivity (Wildman–Crippen MR) is 128 cm³/mol. The van der Waals surface area contributed by atoms with Gasteiger partial charge in [-0.25, -0.2) is 4.79 Å². The van der Waals surface area contributed by atoms with Crippen molar-refractivity contribution in [1.29, 1.82) is 0 Å². The molecule has 202 valence electrons. The molecule has 37 heavy (non-hydrogen) atoms. The molecule has 0 radical (unpaired) electrons. The number of aryl methyl sites for hydroxylation is 1. The van der Waals surface area contributed by atoms with E-state index in [0.29, 0.717) is 5.56 Å². The van der Waals surface area contributed by atoms with E-state index >= 15 is 0 Å². The molecule has 0 spiro atoms. The molecule has 2 heterocycles. The molecule has 1 aromatic heterocycles. The maximum atomic E-state index is 12.7. The number of aromatic amines is 1. The van der Waals surface area contributed by atoms with Crippen molar-refractivity contribution in [3.63, 3.8) is 0 Å². The van der Waals surface area contributed by atoms with Crippen molar-refractivity contribution in [3.8, 4) is 0 Å². The lowest BCUT2D eigenvalue weighted by atomic mass is 9.95. The highest BCUT2D eigenvalue weighted by Crippen LogP contribution is 2.42. The van der Waals surface area contributed by atoms with E-state index in [4.69, 9.17) is 17.8 Å². The Morgan fingerprint density at radius 1 is 1.11 bits per heavy atom. The van der Waals surface area contributed by atoms with E-state index in [0.717, 1.165) is 23.3 Å². The Labute approximate surface area is 211 Å². The van der Waals surface area contributed by atoms with Crippen LogP contribution in [-0.4, -0.2) is 69.9 Å². The molecule has 2 aromatic rings. The van der Waals surface area contributed by atoms with Crippen molar-refractivity contribution < 1.29 is 34.7 Å². The summed E-state index contributed by atoms with van der Waals surface area (Å²) in [4.78, 5) is 29.5. The summed E-state index contributed by atoms with van der Waals surface area (Å²) >= 11 is 0. The minimum absolute atomic E-state index is 0.0991. The minimum Gasteiger partial charge on any atom is -0.370 e. The Morgan fingerprint density at radius 3 is 2.24 bits per heavy atom. The van der Waals surface area contributed by atoms with E-state index in [2.05, 4.69) is 15.0 Å². The van der Waals surface area contributed by atoms with Gasteiger partial charge in [-0.1, -0.05) is 35.4 Å². The lowest BCUT2D eigenvalue weighted by Crippen LogP contribution is -2.52. The summed E-state index contributed by atoms with van der Waals surface area (Å²) in [5.74, 6) is 0. The Kier molecular flexibility index (Phi) is 8.59. The van der Waals surface area contributed by atoms with Crippen molar-refractivity contribution in [2.24, 2.45) is 5.11 Å². The molecule has 1 aliphatic heterocycles. The van der Waals surface area contributed by atoms with Crippen molar-refractivity contribution >= 4 is 20.2 Å². The van der Waals surface area contributed by atoms with Crippen molar-refractivity contribution in [2.45, 2.75) is 37.5 Å². The van der Waals surface area contributed by atoms with E-state index in [1.54, 1.807) is 30.3 Å². The van der Waals surface area contributed by atoms with Crippen LogP contribution in [0.4, 0.5) is 0 Å². The van der Waals surface area contributed by atoms with Crippen LogP contribution in [0.3, 0.4) is 0 Å². The van der Waals surface area contributed by atoms with Gasteiger partial charge in [0.2, 0.25) is 0 Å². The average Bonchev–Trinajstić information content (AvgIpc) is 3.11. The summed E-state index contributed by atoms with van der Waals surface area (Å²) in [5.41, 5.74) is 6.49. The molecule has 2 unspecified atom stereocenters. The number of hydrogen-bond donors (Lipinski definition) is 1. The van der Waals surface area contributed by atoms with Crippen LogP contribution in [0.25, 0.3) is 10.4 Å². The predicted octanol–water partition coefficient (Wildman–Crippen LogP) is 0.329. The number of nitrogens with one attached hydrogen (secondary N) is 1. The summed E-state index contributed by atoms with van der Waals surface area (Å²) in [7, 11) is -8.17. The van der Waals surface area contributed by atoms with Crippen LogP contribution < -0.4 is 11.2 Å². The van der Waals surface area contributed by atoms with Crippen LogP contribution in [0.1, 0.15) is 17.4 Å². The molecule has 0 aliphatic carbocycles. The molecule has 3 rings (SSSR count). The molecule has 0 saturated carbocycles. The Morgan fingerprint density at radius 2 is 1.70 bits per heavy atom. The third-order valence-electron chi connectivity index (χ3n) is 5.39. The molecule has 1 aromatic carbocycles. The first kappa shape index (κ1) is 28.5. The fourth-order valence-electron chi connectivity index (χ4n) is 3.71. The van der Waals surface area contributed by atoms with Gasteiger partial charge in [0, 0.05) is 16.7 Å². The largest absolute Gasteiger partial charge is 0.370 e. The highest BCUT2D eigenvalue weighted by atomic mass is 32.2. The van der Waals surface area contributed by atoms with E-state index in [1.165, 1.54) is 6.92 Å². The molecular weight excluding hydrogens is 534 g/mol. The van der Waals surface area contributed by atoms with Crippen LogP contribution >= 0.6 is 0 Å². The van der Waals surface area contributed by atoms with E-state index in [1.807, 2.05) is 0 Å². The molecule has 3 atom stereocenters. The molecule has 1 aliphatic rings. The quantitative estimate of drug-likeness (QED) is 0.172. The Bertz CT molecular complexity index is 1460. The molecular formula is C20H25N5O10S2. The SMILES string of the molecule is Cc1cn(C2OC(COS(C)(=O)=O)(COS(C)(=O)=O)[C@@H](OCc3ccccc3)C2N=[N+]=[N-])c(=O)[nH]c1=O. The smallest absolute Gasteiger partial charge is 0.330 e. The average molecular weight is 560 g/mol. The van der Waals surface area contributed by atoms with Gasteiger partial charge in [0.25, 0.3) is 25.8 Å². The Balaban J connectivity index is 2.17. The fourth-order valence-corrected chi connectivity index (χ4v) is 4.54. The van der Waals surface area contributed by atoms with Gasteiger partial charge in [-0.05, 0) is 18.0 Å². The number of ether oxygens (including phenoxy) is 2. The maximum Gasteiger partial charge on any atom is 0.330 e. The molecule has 17 heteroatoms. The molecule has 15 nitrogen and oxygen atoms in total. The minimum atomic E-state index is -4.09.